The summed E-state index contributed by atoms with van der Waals surface area (Å²) in [6.45, 7) is 7.05. The van der Waals surface area contributed by atoms with E-state index in [9.17, 15) is 0 Å². The second kappa shape index (κ2) is 3.67. The maximum Gasteiger partial charge on any atom is 0.0134 e. The van der Waals surface area contributed by atoms with E-state index < -0.39 is 0 Å². The molecular weight excluding hydrogens is 98.1 g/mol. The molecular formula is C7H15N. The second-order valence-electron chi connectivity index (χ2n) is 2.46. The monoisotopic (exact) mass is 113 g/mol. The lowest BCUT2D eigenvalue weighted by Gasteiger charge is -1.97. The lowest BCUT2D eigenvalue weighted by Crippen LogP contribution is -2.00. The van der Waals surface area contributed by atoms with E-state index in [4.69, 9.17) is 5.73 Å². The van der Waals surface area contributed by atoms with Crippen molar-refractivity contribution in [2.75, 3.05) is 6.54 Å². The third-order valence-corrected chi connectivity index (χ3v) is 0.940. The molecule has 0 aliphatic carbocycles. The molecule has 0 fully saturated rings. The van der Waals surface area contributed by atoms with Gasteiger partial charge in [-0.05, 0) is 12.8 Å². The summed E-state index contributed by atoms with van der Waals surface area (Å²) in [7, 11) is 0. The standard InChI is InChI=1S/C7H15N/c1-6(2)4-7(3)5-8/h4,6H,5,8H2,1-3H3/b7-4-. The van der Waals surface area contributed by atoms with Crippen LogP contribution in [0.1, 0.15) is 20.8 Å². The maximum atomic E-state index is 5.35. The van der Waals surface area contributed by atoms with Crippen LogP contribution >= 0.6 is 0 Å². The molecule has 0 aliphatic rings. The molecule has 0 bridgehead atoms. The predicted octanol–water partition coefficient (Wildman–Crippen LogP) is 1.55. The molecule has 0 aromatic rings. The van der Waals surface area contributed by atoms with E-state index in [0.717, 1.165) is 0 Å². The Hall–Kier alpha value is -0.300. The van der Waals surface area contributed by atoms with Gasteiger partial charge in [0.2, 0.25) is 0 Å². The number of rotatable bonds is 2. The molecule has 0 aromatic heterocycles. The van der Waals surface area contributed by atoms with Gasteiger partial charge in [-0.25, -0.2) is 0 Å². The molecule has 0 saturated heterocycles. The Morgan fingerprint density at radius 1 is 1.62 bits per heavy atom. The van der Waals surface area contributed by atoms with Gasteiger partial charge in [0.25, 0.3) is 0 Å². The smallest absolute Gasteiger partial charge is 0.0134 e. The lowest BCUT2D eigenvalue weighted by molar-refractivity contribution is 0.817. The number of hydrogen-bond acceptors (Lipinski definition) is 1. The zero-order valence-electron chi connectivity index (χ0n) is 5.94. The van der Waals surface area contributed by atoms with Crippen molar-refractivity contribution in [3.63, 3.8) is 0 Å². The summed E-state index contributed by atoms with van der Waals surface area (Å²) < 4.78 is 0. The zero-order chi connectivity index (χ0) is 6.57. The molecule has 0 radical (unpaired) electrons. The van der Waals surface area contributed by atoms with Crippen molar-refractivity contribution < 1.29 is 0 Å². The highest BCUT2D eigenvalue weighted by Gasteiger charge is 1.86. The normalized spacial score (nSPS) is 12.9. The Balaban J connectivity index is 3.56. The zero-order valence-corrected chi connectivity index (χ0v) is 5.94. The van der Waals surface area contributed by atoms with Gasteiger partial charge in [-0.15, -0.1) is 0 Å². The summed E-state index contributed by atoms with van der Waals surface area (Å²) in [6, 6.07) is 0. The maximum absolute atomic E-state index is 5.35. The van der Waals surface area contributed by atoms with Crippen molar-refractivity contribution >= 4 is 0 Å². The van der Waals surface area contributed by atoms with Gasteiger partial charge in [0.05, 0.1) is 0 Å². The Kier molecular flexibility index (Phi) is 3.53. The highest BCUT2D eigenvalue weighted by Crippen LogP contribution is 1.98. The van der Waals surface area contributed by atoms with Crippen LogP contribution in [0.2, 0.25) is 0 Å². The first-order valence-corrected chi connectivity index (χ1v) is 3.04. The number of hydrogen-bond donors (Lipinski definition) is 1. The molecule has 1 heteroatoms. The third kappa shape index (κ3) is 3.88. The molecule has 0 aliphatic heterocycles. The fraction of sp³-hybridized carbons (Fsp3) is 0.714. The van der Waals surface area contributed by atoms with Crippen molar-refractivity contribution in [1.82, 2.24) is 0 Å². The first-order chi connectivity index (χ1) is 3.66. The minimum absolute atomic E-state index is 0.638. The molecule has 2 N–H and O–H groups in total. The predicted molar refractivity (Wildman–Crippen MR) is 37.6 cm³/mol. The van der Waals surface area contributed by atoms with E-state index in [-0.39, 0.29) is 0 Å². The number of nitrogens with two attached hydrogens (primary N) is 1. The van der Waals surface area contributed by atoms with Gasteiger partial charge in [-0.1, -0.05) is 25.5 Å². The van der Waals surface area contributed by atoms with Crippen LogP contribution in [0.3, 0.4) is 0 Å². The van der Waals surface area contributed by atoms with Gasteiger partial charge in [-0.2, -0.15) is 0 Å². The quantitative estimate of drug-likeness (QED) is 0.540. The Bertz CT molecular complexity index is 82.4. The molecule has 0 rings (SSSR count). The molecule has 0 amide bonds. The van der Waals surface area contributed by atoms with Crippen LogP contribution in [0.15, 0.2) is 11.6 Å². The van der Waals surface area contributed by atoms with Gasteiger partial charge >= 0.3 is 0 Å². The summed E-state index contributed by atoms with van der Waals surface area (Å²) in [5, 5.41) is 0. The van der Waals surface area contributed by atoms with Gasteiger partial charge in [-0.3, -0.25) is 0 Å². The molecule has 1 nitrogen and oxygen atoms in total. The van der Waals surface area contributed by atoms with Crippen LogP contribution in [0.4, 0.5) is 0 Å². The Labute approximate surface area is 51.6 Å². The van der Waals surface area contributed by atoms with Crippen molar-refractivity contribution in [3.8, 4) is 0 Å². The van der Waals surface area contributed by atoms with Crippen LogP contribution in [0.25, 0.3) is 0 Å². The van der Waals surface area contributed by atoms with Crippen LogP contribution < -0.4 is 5.73 Å². The molecule has 0 saturated carbocycles. The van der Waals surface area contributed by atoms with Gasteiger partial charge < -0.3 is 5.73 Å². The summed E-state index contributed by atoms with van der Waals surface area (Å²) >= 11 is 0. The first kappa shape index (κ1) is 7.70. The highest BCUT2D eigenvalue weighted by atomic mass is 14.5. The molecule has 0 atom stereocenters. The lowest BCUT2D eigenvalue weighted by atomic mass is 10.1. The van der Waals surface area contributed by atoms with Crippen molar-refractivity contribution in [1.29, 1.82) is 0 Å². The topological polar surface area (TPSA) is 26.0 Å². The highest BCUT2D eigenvalue weighted by molar-refractivity contribution is 5.00. The van der Waals surface area contributed by atoms with Crippen molar-refractivity contribution in [2.45, 2.75) is 20.8 Å². The minimum Gasteiger partial charge on any atom is -0.327 e. The third-order valence-electron chi connectivity index (χ3n) is 0.940. The molecule has 0 spiro atoms. The molecule has 0 aromatic carbocycles. The van der Waals surface area contributed by atoms with Crippen LogP contribution in [0.5, 0.6) is 0 Å². The van der Waals surface area contributed by atoms with Crippen molar-refractivity contribution in [2.24, 2.45) is 11.7 Å². The minimum atomic E-state index is 0.638. The Morgan fingerprint density at radius 2 is 2.12 bits per heavy atom. The van der Waals surface area contributed by atoms with Crippen LogP contribution in [-0.2, 0) is 0 Å². The summed E-state index contributed by atoms with van der Waals surface area (Å²) in [4.78, 5) is 0. The average Bonchev–Trinajstić information content (AvgIpc) is 1.65. The summed E-state index contributed by atoms with van der Waals surface area (Å²) in [5.74, 6) is 0.638. The van der Waals surface area contributed by atoms with Gasteiger partial charge in [0, 0.05) is 6.54 Å². The van der Waals surface area contributed by atoms with E-state index in [0.29, 0.717) is 12.5 Å². The van der Waals surface area contributed by atoms with E-state index in [1.54, 1.807) is 0 Å². The van der Waals surface area contributed by atoms with E-state index in [2.05, 4.69) is 26.8 Å². The molecule has 0 heterocycles. The van der Waals surface area contributed by atoms with E-state index in [1.807, 2.05) is 0 Å². The SMILES string of the molecule is C/C(=C/C(C)C)CN. The first-order valence-electron chi connectivity index (χ1n) is 3.04. The average molecular weight is 113 g/mol. The van der Waals surface area contributed by atoms with Crippen LogP contribution in [-0.4, -0.2) is 6.54 Å². The van der Waals surface area contributed by atoms with Gasteiger partial charge in [0.1, 0.15) is 0 Å². The number of allylic oxidation sites excluding steroid dienone is 1. The fourth-order valence-corrected chi connectivity index (χ4v) is 0.637. The van der Waals surface area contributed by atoms with Gasteiger partial charge in [0.15, 0.2) is 0 Å². The van der Waals surface area contributed by atoms with Crippen molar-refractivity contribution in [3.05, 3.63) is 11.6 Å². The van der Waals surface area contributed by atoms with E-state index in [1.165, 1.54) is 5.57 Å². The molecule has 48 valence electrons. The van der Waals surface area contributed by atoms with Crippen LogP contribution in [0, 0.1) is 5.92 Å². The largest absolute Gasteiger partial charge is 0.327 e. The Morgan fingerprint density at radius 3 is 2.25 bits per heavy atom. The van der Waals surface area contributed by atoms with E-state index >= 15 is 0 Å². The summed E-state index contributed by atoms with van der Waals surface area (Å²) in [6.07, 6.45) is 2.18. The summed E-state index contributed by atoms with van der Waals surface area (Å²) in [5.41, 5.74) is 6.63. The molecule has 0 unspecified atom stereocenters. The second-order valence-corrected chi connectivity index (χ2v) is 2.46. The fourth-order valence-electron chi connectivity index (χ4n) is 0.637. The molecule has 8 heavy (non-hydrogen) atoms.